The Morgan fingerprint density at radius 2 is 2.33 bits per heavy atom. The first kappa shape index (κ1) is 13.5. The van der Waals surface area contributed by atoms with Crippen molar-refractivity contribution >= 4 is 17.0 Å². The van der Waals surface area contributed by atoms with Crippen LogP contribution >= 0.6 is 0 Å². The number of H-pyrrole nitrogens is 1. The predicted octanol–water partition coefficient (Wildman–Crippen LogP) is 3.21. The zero-order valence-corrected chi connectivity index (χ0v) is 11.9. The normalized spacial score (nSPS) is 18.7. The number of carbonyl (C=O) groups is 1. The summed E-state index contributed by atoms with van der Waals surface area (Å²) in [6.07, 6.45) is 1.03. The number of fused-ring (bicyclic) bond motifs is 1. The minimum absolute atomic E-state index is 0.202. The topological polar surface area (TPSA) is 80.1 Å². The lowest BCUT2D eigenvalue weighted by Crippen LogP contribution is -2.38. The van der Waals surface area contributed by atoms with Crippen LogP contribution in [0.15, 0.2) is 18.2 Å². The smallest absolute Gasteiger partial charge is 0.407 e. The molecule has 0 bridgehead atoms. The molecule has 0 saturated carbocycles. The number of nitrogens with one attached hydrogen (secondary N) is 1. The van der Waals surface area contributed by atoms with Crippen LogP contribution in [-0.4, -0.2) is 34.2 Å². The third-order valence-electron chi connectivity index (χ3n) is 4.33. The molecule has 3 rings (SSSR count). The van der Waals surface area contributed by atoms with E-state index in [0.29, 0.717) is 18.7 Å². The van der Waals surface area contributed by atoms with Gasteiger partial charge in [0.1, 0.15) is 0 Å². The van der Waals surface area contributed by atoms with Gasteiger partial charge in [0.15, 0.2) is 0 Å². The molecule has 1 aliphatic rings. The van der Waals surface area contributed by atoms with Gasteiger partial charge in [-0.2, -0.15) is 5.26 Å². The minimum Gasteiger partial charge on any atom is -0.465 e. The number of rotatable bonds is 1. The monoisotopic (exact) mass is 283 g/mol. The molecule has 0 radical (unpaired) electrons. The van der Waals surface area contributed by atoms with Gasteiger partial charge in [0.25, 0.3) is 0 Å². The number of carboxylic acid groups (broad SMARTS) is 1. The fourth-order valence-corrected chi connectivity index (χ4v) is 3.21. The highest BCUT2D eigenvalue weighted by Gasteiger charge is 2.26. The van der Waals surface area contributed by atoms with Gasteiger partial charge >= 0.3 is 6.09 Å². The first-order valence-corrected chi connectivity index (χ1v) is 7.10. The Morgan fingerprint density at radius 1 is 1.52 bits per heavy atom. The standard InChI is InChI=1S/C16H17N3O2/c1-10-13-7-11(8-17)4-5-14(13)18-15(10)12-3-2-6-19(9-12)16(20)21/h4-5,7,12,18H,2-3,6,9H2,1H3,(H,20,21). The van der Waals surface area contributed by atoms with E-state index in [9.17, 15) is 4.79 Å². The van der Waals surface area contributed by atoms with Crippen LogP contribution in [0.3, 0.4) is 0 Å². The zero-order valence-electron chi connectivity index (χ0n) is 11.9. The molecular weight excluding hydrogens is 266 g/mol. The van der Waals surface area contributed by atoms with Crippen LogP contribution < -0.4 is 0 Å². The van der Waals surface area contributed by atoms with Crippen molar-refractivity contribution < 1.29 is 9.90 Å². The van der Waals surface area contributed by atoms with E-state index in [4.69, 9.17) is 10.4 Å². The van der Waals surface area contributed by atoms with Crippen LogP contribution in [0.1, 0.15) is 35.6 Å². The summed E-state index contributed by atoms with van der Waals surface area (Å²) < 4.78 is 0. The van der Waals surface area contributed by atoms with Gasteiger partial charge in [-0.25, -0.2) is 4.79 Å². The van der Waals surface area contributed by atoms with Gasteiger partial charge in [-0.05, 0) is 43.5 Å². The number of nitrogens with zero attached hydrogens (tertiary/aromatic N) is 2. The van der Waals surface area contributed by atoms with E-state index < -0.39 is 6.09 Å². The molecule has 5 nitrogen and oxygen atoms in total. The van der Waals surface area contributed by atoms with Crippen LogP contribution in [0.4, 0.5) is 4.79 Å². The van der Waals surface area contributed by atoms with Crippen molar-refractivity contribution in [1.82, 2.24) is 9.88 Å². The van der Waals surface area contributed by atoms with Crippen molar-refractivity contribution in [3.63, 3.8) is 0 Å². The Kier molecular flexibility index (Phi) is 3.30. The summed E-state index contributed by atoms with van der Waals surface area (Å²) in [6.45, 7) is 3.19. The number of aromatic nitrogens is 1. The average molecular weight is 283 g/mol. The molecule has 0 aliphatic carbocycles. The Labute approximate surface area is 122 Å². The molecule has 2 aromatic rings. The first-order valence-electron chi connectivity index (χ1n) is 7.10. The highest BCUT2D eigenvalue weighted by atomic mass is 16.4. The van der Waals surface area contributed by atoms with E-state index in [1.165, 1.54) is 4.90 Å². The summed E-state index contributed by atoms with van der Waals surface area (Å²) in [5.41, 5.74) is 3.88. The van der Waals surface area contributed by atoms with E-state index in [1.807, 2.05) is 19.1 Å². The molecule has 1 aliphatic heterocycles. The van der Waals surface area contributed by atoms with Gasteiger partial charge in [0.05, 0.1) is 11.6 Å². The quantitative estimate of drug-likeness (QED) is 0.843. The summed E-state index contributed by atoms with van der Waals surface area (Å²) in [7, 11) is 0. The number of amides is 1. The number of likely N-dealkylation sites (tertiary alicyclic amines) is 1. The molecule has 1 amide bonds. The molecule has 1 saturated heterocycles. The summed E-state index contributed by atoms with van der Waals surface area (Å²) in [6, 6.07) is 7.77. The number of benzene rings is 1. The van der Waals surface area contributed by atoms with Gasteiger partial charge in [0, 0.05) is 35.6 Å². The summed E-state index contributed by atoms with van der Waals surface area (Å²) in [4.78, 5) is 16.1. The maximum Gasteiger partial charge on any atom is 0.407 e. The maximum absolute atomic E-state index is 11.2. The Bertz CT molecular complexity index is 742. The summed E-state index contributed by atoms with van der Waals surface area (Å²) in [5, 5.41) is 19.2. The fraction of sp³-hybridized carbons (Fsp3) is 0.375. The van der Waals surface area contributed by atoms with E-state index in [1.54, 1.807) is 6.07 Å². The number of hydrogen-bond donors (Lipinski definition) is 2. The maximum atomic E-state index is 11.2. The predicted molar refractivity (Wildman–Crippen MR) is 79.3 cm³/mol. The van der Waals surface area contributed by atoms with Gasteiger partial charge in [-0.15, -0.1) is 0 Å². The van der Waals surface area contributed by atoms with E-state index >= 15 is 0 Å². The van der Waals surface area contributed by atoms with Crippen LogP contribution in [-0.2, 0) is 0 Å². The second kappa shape index (κ2) is 5.13. The second-order valence-corrected chi connectivity index (χ2v) is 5.60. The van der Waals surface area contributed by atoms with E-state index in [2.05, 4.69) is 11.1 Å². The number of hydrogen-bond acceptors (Lipinski definition) is 2. The van der Waals surface area contributed by atoms with Crippen molar-refractivity contribution in [2.24, 2.45) is 0 Å². The first-order chi connectivity index (χ1) is 10.1. The Hall–Kier alpha value is -2.48. The molecule has 2 heterocycles. The van der Waals surface area contributed by atoms with Crippen LogP contribution in [0.5, 0.6) is 0 Å². The Balaban J connectivity index is 1.99. The molecule has 21 heavy (non-hydrogen) atoms. The lowest BCUT2D eigenvalue weighted by atomic mass is 9.92. The molecule has 0 spiro atoms. The van der Waals surface area contributed by atoms with Crippen molar-refractivity contribution in [2.45, 2.75) is 25.7 Å². The number of nitriles is 1. The SMILES string of the molecule is Cc1c(C2CCCN(C(=O)O)C2)[nH]c2ccc(C#N)cc12. The number of aryl methyl sites for hydroxylation is 1. The van der Waals surface area contributed by atoms with Crippen LogP contribution in [0.2, 0.25) is 0 Å². The molecule has 1 unspecified atom stereocenters. The molecule has 2 N–H and O–H groups in total. The third kappa shape index (κ3) is 2.33. The van der Waals surface area contributed by atoms with Crippen molar-refractivity contribution in [3.8, 4) is 6.07 Å². The summed E-state index contributed by atoms with van der Waals surface area (Å²) in [5.74, 6) is 0.202. The molecule has 1 aromatic carbocycles. The molecular formula is C16H17N3O2. The van der Waals surface area contributed by atoms with E-state index in [-0.39, 0.29) is 5.92 Å². The second-order valence-electron chi connectivity index (χ2n) is 5.60. The van der Waals surface area contributed by atoms with E-state index in [0.717, 1.165) is 35.0 Å². The molecule has 1 fully saturated rings. The highest BCUT2D eigenvalue weighted by molar-refractivity contribution is 5.86. The zero-order chi connectivity index (χ0) is 15.0. The summed E-state index contributed by atoms with van der Waals surface area (Å²) >= 11 is 0. The van der Waals surface area contributed by atoms with Crippen LogP contribution in [0.25, 0.3) is 10.9 Å². The van der Waals surface area contributed by atoms with Gasteiger partial charge in [-0.3, -0.25) is 0 Å². The Morgan fingerprint density at radius 3 is 3.05 bits per heavy atom. The lowest BCUT2D eigenvalue weighted by molar-refractivity contribution is 0.130. The van der Waals surface area contributed by atoms with Gasteiger partial charge in [-0.1, -0.05) is 0 Å². The average Bonchev–Trinajstić information content (AvgIpc) is 2.84. The third-order valence-corrected chi connectivity index (χ3v) is 4.33. The minimum atomic E-state index is -0.847. The molecule has 1 aromatic heterocycles. The molecule has 108 valence electrons. The van der Waals surface area contributed by atoms with Crippen molar-refractivity contribution in [3.05, 3.63) is 35.0 Å². The highest BCUT2D eigenvalue weighted by Crippen LogP contribution is 2.32. The number of aromatic amines is 1. The van der Waals surface area contributed by atoms with Crippen molar-refractivity contribution in [1.29, 1.82) is 5.26 Å². The van der Waals surface area contributed by atoms with Gasteiger partial charge in [0.2, 0.25) is 0 Å². The fourth-order valence-electron chi connectivity index (χ4n) is 3.21. The lowest BCUT2D eigenvalue weighted by Gasteiger charge is -2.30. The van der Waals surface area contributed by atoms with Crippen LogP contribution in [0, 0.1) is 18.3 Å². The largest absolute Gasteiger partial charge is 0.465 e. The molecule has 1 atom stereocenters. The van der Waals surface area contributed by atoms with Gasteiger partial charge < -0.3 is 15.0 Å². The number of piperidine rings is 1. The molecule has 5 heteroatoms. The van der Waals surface area contributed by atoms with Crippen molar-refractivity contribution in [2.75, 3.05) is 13.1 Å².